The van der Waals surface area contributed by atoms with Crippen LogP contribution in [-0.2, 0) is 6.54 Å². The van der Waals surface area contributed by atoms with Crippen molar-refractivity contribution in [2.24, 2.45) is 0 Å². The van der Waals surface area contributed by atoms with Gasteiger partial charge in [-0.2, -0.15) is 0 Å². The van der Waals surface area contributed by atoms with Crippen LogP contribution >= 0.6 is 15.9 Å². The van der Waals surface area contributed by atoms with E-state index in [1.54, 1.807) is 6.92 Å². The summed E-state index contributed by atoms with van der Waals surface area (Å²) in [6.07, 6.45) is 0. The summed E-state index contributed by atoms with van der Waals surface area (Å²) in [7, 11) is 0. The smallest absolute Gasteiger partial charge is 0.424 e. The molecule has 0 fully saturated rings. The lowest BCUT2D eigenvalue weighted by Crippen LogP contribution is -2.16. The quantitative estimate of drug-likeness (QED) is 0.727. The fraction of sp³-hybridized carbons (Fsp3) is 0.167. The van der Waals surface area contributed by atoms with Crippen molar-refractivity contribution in [3.63, 3.8) is 0 Å². The van der Waals surface area contributed by atoms with Gasteiger partial charge in [0.05, 0.1) is 0 Å². The third kappa shape index (κ3) is 2.42. The van der Waals surface area contributed by atoms with Gasteiger partial charge >= 0.3 is 5.76 Å². The third-order valence-electron chi connectivity index (χ3n) is 2.63. The topological polar surface area (TPSA) is 87.0 Å². The Labute approximate surface area is 121 Å². The van der Waals surface area contributed by atoms with Crippen molar-refractivity contribution in [1.82, 2.24) is 19.9 Å². The molecule has 0 unspecified atom stereocenters. The van der Waals surface area contributed by atoms with E-state index >= 15 is 0 Å². The van der Waals surface area contributed by atoms with Gasteiger partial charge in [0, 0.05) is 17.0 Å². The van der Waals surface area contributed by atoms with Crippen LogP contribution in [0.5, 0.6) is 0 Å². The highest BCUT2D eigenvalue weighted by molar-refractivity contribution is 9.10. The number of hydrogen-bond donors (Lipinski definition) is 0. The highest BCUT2D eigenvalue weighted by atomic mass is 79.9. The second-order valence-electron chi connectivity index (χ2n) is 4.08. The molecule has 0 radical (unpaired) electrons. The molecule has 0 spiro atoms. The molecule has 102 valence electrons. The third-order valence-corrected chi connectivity index (χ3v) is 3.12. The van der Waals surface area contributed by atoms with Crippen molar-refractivity contribution in [2.45, 2.75) is 13.5 Å². The Bertz CT molecular complexity index is 805. The van der Waals surface area contributed by atoms with E-state index in [4.69, 9.17) is 8.94 Å². The van der Waals surface area contributed by atoms with Gasteiger partial charge in [-0.05, 0) is 12.1 Å². The summed E-state index contributed by atoms with van der Waals surface area (Å²) in [4.78, 5) is 11.7. The Balaban J connectivity index is 2.03. The Hall–Kier alpha value is -2.22. The molecule has 8 heteroatoms. The number of nitrogens with zero attached hydrogens (tertiary/aromatic N) is 4. The van der Waals surface area contributed by atoms with Crippen molar-refractivity contribution in [1.29, 1.82) is 0 Å². The maximum atomic E-state index is 11.7. The molecule has 0 atom stereocenters. The van der Waals surface area contributed by atoms with E-state index in [0.29, 0.717) is 17.6 Å². The normalized spacial score (nSPS) is 10.9. The number of rotatable bonds is 3. The van der Waals surface area contributed by atoms with Crippen LogP contribution < -0.4 is 5.76 Å². The van der Waals surface area contributed by atoms with Crippen molar-refractivity contribution >= 4 is 15.9 Å². The Kier molecular flexibility index (Phi) is 3.23. The zero-order valence-electron chi connectivity index (χ0n) is 10.4. The van der Waals surface area contributed by atoms with Gasteiger partial charge in [0.1, 0.15) is 6.54 Å². The lowest BCUT2D eigenvalue weighted by atomic mass is 10.2. The van der Waals surface area contributed by atoms with E-state index in [0.717, 1.165) is 10.0 Å². The van der Waals surface area contributed by atoms with Gasteiger partial charge in [-0.3, -0.25) is 4.52 Å². The Morgan fingerprint density at radius 2 is 2.20 bits per heavy atom. The van der Waals surface area contributed by atoms with Crippen LogP contribution in [0.1, 0.15) is 11.8 Å². The van der Waals surface area contributed by atoms with Gasteiger partial charge in [0.2, 0.25) is 11.8 Å². The summed E-state index contributed by atoms with van der Waals surface area (Å²) < 4.78 is 12.2. The van der Waals surface area contributed by atoms with Gasteiger partial charge in [0.15, 0.2) is 5.82 Å². The highest BCUT2D eigenvalue weighted by Crippen LogP contribution is 2.21. The summed E-state index contributed by atoms with van der Waals surface area (Å²) in [5.41, 5.74) is 0.751. The van der Waals surface area contributed by atoms with E-state index in [2.05, 4.69) is 31.3 Å². The number of benzene rings is 1. The Morgan fingerprint density at radius 3 is 2.90 bits per heavy atom. The molecule has 0 aliphatic heterocycles. The average Bonchev–Trinajstić information content (AvgIpc) is 2.98. The number of halogens is 1. The lowest BCUT2D eigenvalue weighted by Gasteiger charge is -2.02. The largest absolute Gasteiger partial charge is 0.442 e. The monoisotopic (exact) mass is 336 g/mol. The lowest BCUT2D eigenvalue weighted by molar-refractivity contribution is 0.372. The molecule has 1 aromatic carbocycles. The second kappa shape index (κ2) is 5.04. The molecule has 3 rings (SSSR count). The fourth-order valence-electron chi connectivity index (χ4n) is 1.78. The number of hydrogen-bond acceptors (Lipinski definition) is 6. The molecule has 2 heterocycles. The molecular formula is C12H9BrN4O3. The first kappa shape index (κ1) is 12.8. The molecule has 3 aromatic rings. The molecule has 0 bridgehead atoms. The zero-order valence-corrected chi connectivity index (χ0v) is 12.0. The molecule has 0 aliphatic carbocycles. The molecule has 20 heavy (non-hydrogen) atoms. The predicted octanol–water partition coefficient (Wildman–Crippen LogP) is 2.01. The van der Waals surface area contributed by atoms with Crippen molar-refractivity contribution < 1.29 is 8.94 Å². The summed E-state index contributed by atoms with van der Waals surface area (Å²) in [6.45, 7) is 1.80. The first-order chi connectivity index (χ1) is 9.63. The molecule has 0 aliphatic rings. The van der Waals surface area contributed by atoms with Crippen molar-refractivity contribution in [3.8, 4) is 11.4 Å². The van der Waals surface area contributed by atoms with E-state index < -0.39 is 5.76 Å². The predicted molar refractivity (Wildman–Crippen MR) is 72.0 cm³/mol. The van der Waals surface area contributed by atoms with Crippen LogP contribution in [-0.4, -0.2) is 19.9 Å². The minimum atomic E-state index is -0.573. The second-order valence-corrected chi connectivity index (χ2v) is 5.00. The maximum Gasteiger partial charge on any atom is 0.442 e. The molecule has 0 amide bonds. The molecule has 2 aromatic heterocycles. The van der Waals surface area contributed by atoms with E-state index in [9.17, 15) is 4.79 Å². The van der Waals surface area contributed by atoms with E-state index in [1.165, 1.54) is 4.57 Å². The first-order valence-electron chi connectivity index (χ1n) is 5.75. The molecule has 0 saturated carbocycles. The van der Waals surface area contributed by atoms with E-state index in [1.807, 2.05) is 24.3 Å². The molecule has 0 saturated heterocycles. The standard InChI is InChI=1S/C12H9BrN4O3/c1-7-14-15-10(19-7)6-17-11(16-20-12(17)18)8-3-2-4-9(13)5-8/h2-5H,6H2,1H3. The number of aromatic nitrogens is 4. The minimum Gasteiger partial charge on any atom is -0.424 e. The maximum absolute atomic E-state index is 11.7. The van der Waals surface area contributed by atoms with Gasteiger partial charge in [0.25, 0.3) is 0 Å². The van der Waals surface area contributed by atoms with Crippen LogP contribution in [0.3, 0.4) is 0 Å². The van der Waals surface area contributed by atoms with E-state index in [-0.39, 0.29) is 6.54 Å². The fourth-order valence-corrected chi connectivity index (χ4v) is 2.18. The van der Waals surface area contributed by atoms with Gasteiger partial charge in [-0.1, -0.05) is 33.2 Å². The van der Waals surface area contributed by atoms with Crippen LogP contribution in [0.4, 0.5) is 0 Å². The van der Waals surface area contributed by atoms with Crippen LogP contribution in [0.2, 0.25) is 0 Å². The van der Waals surface area contributed by atoms with Crippen LogP contribution in [0, 0.1) is 6.92 Å². The molecule has 0 N–H and O–H groups in total. The van der Waals surface area contributed by atoms with Crippen molar-refractivity contribution in [3.05, 3.63) is 51.1 Å². The summed E-state index contributed by atoms with van der Waals surface area (Å²) >= 11 is 3.37. The summed E-state index contributed by atoms with van der Waals surface area (Å²) in [5, 5.41) is 11.4. The van der Waals surface area contributed by atoms with Gasteiger partial charge in [-0.25, -0.2) is 9.36 Å². The first-order valence-corrected chi connectivity index (χ1v) is 6.54. The zero-order chi connectivity index (χ0) is 14.1. The van der Waals surface area contributed by atoms with Crippen LogP contribution in [0.25, 0.3) is 11.4 Å². The van der Waals surface area contributed by atoms with Crippen LogP contribution in [0.15, 0.2) is 42.5 Å². The minimum absolute atomic E-state index is 0.116. The number of aryl methyl sites for hydroxylation is 1. The highest BCUT2D eigenvalue weighted by Gasteiger charge is 2.15. The average molecular weight is 337 g/mol. The summed E-state index contributed by atoms with van der Waals surface area (Å²) in [6, 6.07) is 7.40. The Morgan fingerprint density at radius 1 is 1.35 bits per heavy atom. The van der Waals surface area contributed by atoms with Gasteiger partial charge < -0.3 is 4.42 Å². The van der Waals surface area contributed by atoms with Crippen molar-refractivity contribution in [2.75, 3.05) is 0 Å². The SMILES string of the molecule is Cc1nnc(Cn2c(-c3cccc(Br)c3)noc2=O)o1. The molecule has 7 nitrogen and oxygen atoms in total. The van der Waals surface area contributed by atoms with Gasteiger partial charge in [-0.15, -0.1) is 10.2 Å². The molecular weight excluding hydrogens is 328 g/mol. The summed E-state index contributed by atoms with van der Waals surface area (Å²) in [5.74, 6) is 0.598.